The second-order valence-electron chi connectivity index (χ2n) is 2.84. The smallest absolute Gasteiger partial charge is 0.307 e. The van der Waals surface area contributed by atoms with Crippen molar-refractivity contribution >= 4 is 17.6 Å². The van der Waals surface area contributed by atoms with E-state index in [4.69, 9.17) is 16.7 Å². The van der Waals surface area contributed by atoms with Gasteiger partial charge in [-0.05, 0) is 22.7 Å². The van der Waals surface area contributed by atoms with Crippen LogP contribution in [-0.4, -0.2) is 11.1 Å². The zero-order valence-corrected chi connectivity index (χ0v) is 8.21. The lowest BCUT2D eigenvalue weighted by Crippen LogP contribution is -1.99. The van der Waals surface area contributed by atoms with E-state index in [1.165, 1.54) is 0 Å². The van der Waals surface area contributed by atoms with Crippen molar-refractivity contribution in [3.63, 3.8) is 0 Å². The fourth-order valence-corrected chi connectivity index (χ4v) is 1.15. The minimum atomic E-state index is -0.821. The number of halogens is 1. The molecule has 2 nitrogen and oxygen atoms in total. The van der Waals surface area contributed by atoms with Crippen LogP contribution in [0.3, 0.4) is 0 Å². The van der Waals surface area contributed by atoms with Gasteiger partial charge in [-0.3, -0.25) is 4.79 Å². The Morgan fingerprint density at radius 1 is 1.29 bits per heavy atom. The third-order valence-corrected chi connectivity index (χ3v) is 1.87. The molecule has 0 aliphatic heterocycles. The van der Waals surface area contributed by atoms with E-state index < -0.39 is 5.97 Å². The molecule has 1 rings (SSSR count). The van der Waals surface area contributed by atoms with E-state index in [2.05, 4.69) is 11.3 Å². The summed E-state index contributed by atoms with van der Waals surface area (Å²) in [6.07, 6.45) is 0.651. The van der Waals surface area contributed by atoms with Crippen molar-refractivity contribution in [2.24, 2.45) is 0 Å². The van der Waals surface area contributed by atoms with Crippen LogP contribution in [0.4, 0.5) is 0 Å². The monoisotopic (exact) mass is 208 g/mol. The SMILES string of the molecule is O=C(O)Cc1ccc(CC#CCl)cc1. The largest absolute Gasteiger partial charge is 0.481 e. The van der Waals surface area contributed by atoms with E-state index in [1.807, 2.05) is 12.1 Å². The summed E-state index contributed by atoms with van der Waals surface area (Å²) in [4.78, 5) is 10.4. The van der Waals surface area contributed by atoms with Gasteiger partial charge in [0.25, 0.3) is 0 Å². The number of rotatable bonds is 3. The molecule has 0 heterocycles. The average Bonchev–Trinajstić information content (AvgIpc) is 2.16. The molecule has 0 unspecified atom stereocenters. The van der Waals surface area contributed by atoms with Gasteiger partial charge in [-0.2, -0.15) is 0 Å². The molecule has 0 bridgehead atoms. The number of hydrogen-bond acceptors (Lipinski definition) is 1. The van der Waals surface area contributed by atoms with Crippen LogP contribution >= 0.6 is 11.6 Å². The molecule has 1 aromatic rings. The molecule has 0 saturated carbocycles. The van der Waals surface area contributed by atoms with Crippen LogP contribution in [0.15, 0.2) is 24.3 Å². The maximum Gasteiger partial charge on any atom is 0.307 e. The molecule has 0 radical (unpaired) electrons. The zero-order chi connectivity index (χ0) is 10.4. The van der Waals surface area contributed by atoms with Gasteiger partial charge in [0, 0.05) is 11.8 Å². The van der Waals surface area contributed by atoms with Gasteiger partial charge in [-0.15, -0.1) is 0 Å². The maximum atomic E-state index is 10.4. The van der Waals surface area contributed by atoms with E-state index in [9.17, 15) is 4.79 Å². The molecular weight excluding hydrogens is 200 g/mol. The topological polar surface area (TPSA) is 37.3 Å². The lowest BCUT2D eigenvalue weighted by Gasteiger charge is -1.98. The highest BCUT2D eigenvalue weighted by atomic mass is 35.5. The highest BCUT2D eigenvalue weighted by Gasteiger charge is 1.99. The van der Waals surface area contributed by atoms with E-state index in [-0.39, 0.29) is 6.42 Å². The summed E-state index contributed by atoms with van der Waals surface area (Å²) < 4.78 is 0. The molecule has 0 aromatic heterocycles. The van der Waals surface area contributed by atoms with E-state index in [0.29, 0.717) is 6.42 Å². The van der Waals surface area contributed by atoms with Gasteiger partial charge < -0.3 is 5.11 Å². The number of aliphatic carboxylic acids is 1. The molecule has 72 valence electrons. The average molecular weight is 209 g/mol. The molecule has 0 amide bonds. The molecule has 0 atom stereocenters. The first-order chi connectivity index (χ1) is 6.72. The molecule has 0 aliphatic carbocycles. The molecule has 1 aromatic carbocycles. The third-order valence-electron chi connectivity index (χ3n) is 1.74. The Balaban J connectivity index is 2.66. The molecule has 3 heteroatoms. The van der Waals surface area contributed by atoms with Crippen molar-refractivity contribution < 1.29 is 9.90 Å². The second kappa shape index (κ2) is 5.31. The highest BCUT2D eigenvalue weighted by molar-refractivity contribution is 6.30. The standard InChI is InChI=1S/C11H9ClO2/c12-7-1-2-9-3-5-10(6-4-9)8-11(13)14/h3-6H,2,8H2,(H,13,14). The van der Waals surface area contributed by atoms with Crippen LogP contribution in [-0.2, 0) is 17.6 Å². The number of carboxylic acid groups (broad SMARTS) is 1. The number of carbonyl (C=O) groups is 1. The van der Waals surface area contributed by atoms with Gasteiger partial charge in [0.1, 0.15) is 0 Å². The van der Waals surface area contributed by atoms with Crippen molar-refractivity contribution in [1.29, 1.82) is 0 Å². The number of carboxylic acids is 1. The summed E-state index contributed by atoms with van der Waals surface area (Å²) in [6, 6.07) is 7.30. The fourth-order valence-electron chi connectivity index (χ4n) is 1.09. The van der Waals surface area contributed by atoms with Crippen LogP contribution in [0.2, 0.25) is 0 Å². The molecule has 1 N–H and O–H groups in total. The first-order valence-corrected chi connectivity index (χ1v) is 4.48. The summed E-state index contributed by atoms with van der Waals surface area (Å²) >= 11 is 5.21. The normalized spacial score (nSPS) is 8.93. The molecule has 0 spiro atoms. The predicted molar refractivity (Wildman–Crippen MR) is 55.1 cm³/mol. The number of benzene rings is 1. The Kier molecular flexibility index (Phi) is 4.03. The van der Waals surface area contributed by atoms with Crippen molar-refractivity contribution in [3.8, 4) is 11.3 Å². The van der Waals surface area contributed by atoms with Gasteiger partial charge in [-0.25, -0.2) is 0 Å². The van der Waals surface area contributed by atoms with Crippen LogP contribution in [0.25, 0.3) is 0 Å². The summed E-state index contributed by atoms with van der Waals surface area (Å²) in [5.41, 5.74) is 1.83. The van der Waals surface area contributed by atoms with E-state index in [1.54, 1.807) is 12.1 Å². The first-order valence-electron chi connectivity index (χ1n) is 4.10. The summed E-state index contributed by atoms with van der Waals surface area (Å²) in [6.45, 7) is 0. The minimum Gasteiger partial charge on any atom is -0.481 e. The second-order valence-corrected chi connectivity index (χ2v) is 3.02. The summed E-state index contributed by atoms with van der Waals surface area (Å²) in [5.74, 6) is 1.90. The Hall–Kier alpha value is -1.46. The van der Waals surface area contributed by atoms with Crippen molar-refractivity contribution in [1.82, 2.24) is 0 Å². The quantitative estimate of drug-likeness (QED) is 0.772. The lowest BCUT2D eigenvalue weighted by molar-refractivity contribution is -0.136. The molecule has 0 saturated heterocycles. The molecular formula is C11H9ClO2. The van der Waals surface area contributed by atoms with Gasteiger partial charge in [0.05, 0.1) is 6.42 Å². The van der Waals surface area contributed by atoms with Gasteiger partial charge in [0.15, 0.2) is 0 Å². The first kappa shape index (κ1) is 10.6. The lowest BCUT2D eigenvalue weighted by atomic mass is 10.1. The third kappa shape index (κ3) is 3.51. The highest BCUT2D eigenvalue weighted by Crippen LogP contribution is 2.05. The van der Waals surface area contributed by atoms with E-state index in [0.717, 1.165) is 11.1 Å². The van der Waals surface area contributed by atoms with Crippen LogP contribution in [0.5, 0.6) is 0 Å². The Labute approximate surface area is 87.5 Å². The van der Waals surface area contributed by atoms with Gasteiger partial charge >= 0.3 is 5.97 Å². The van der Waals surface area contributed by atoms with Gasteiger partial charge in [0.2, 0.25) is 0 Å². The van der Waals surface area contributed by atoms with E-state index >= 15 is 0 Å². The zero-order valence-electron chi connectivity index (χ0n) is 7.46. The van der Waals surface area contributed by atoms with Crippen LogP contribution in [0, 0.1) is 11.3 Å². The van der Waals surface area contributed by atoms with Crippen LogP contribution in [0.1, 0.15) is 11.1 Å². The van der Waals surface area contributed by atoms with Gasteiger partial charge in [-0.1, -0.05) is 30.2 Å². The van der Waals surface area contributed by atoms with Crippen molar-refractivity contribution in [3.05, 3.63) is 35.4 Å². The fraction of sp³-hybridized carbons (Fsp3) is 0.182. The van der Waals surface area contributed by atoms with Crippen molar-refractivity contribution in [2.45, 2.75) is 12.8 Å². The predicted octanol–water partition coefficient (Wildman–Crippen LogP) is 2.06. The summed E-state index contributed by atoms with van der Waals surface area (Å²) in [7, 11) is 0. The minimum absolute atomic E-state index is 0.0570. The van der Waals surface area contributed by atoms with Crippen LogP contribution < -0.4 is 0 Å². The Morgan fingerprint density at radius 3 is 2.36 bits per heavy atom. The molecule has 0 aliphatic rings. The molecule has 14 heavy (non-hydrogen) atoms. The van der Waals surface area contributed by atoms with Crippen molar-refractivity contribution in [2.75, 3.05) is 0 Å². The molecule has 0 fully saturated rings. The Morgan fingerprint density at radius 2 is 1.86 bits per heavy atom. The summed E-state index contributed by atoms with van der Waals surface area (Å²) in [5, 5.41) is 10.8. The maximum absolute atomic E-state index is 10.4. The Bertz CT molecular complexity index is 371. The number of hydrogen-bond donors (Lipinski definition) is 1.